The summed E-state index contributed by atoms with van der Waals surface area (Å²) in [5.74, 6) is 0.317. The highest BCUT2D eigenvalue weighted by Crippen LogP contribution is 2.48. The van der Waals surface area contributed by atoms with Crippen LogP contribution in [0.25, 0.3) is 0 Å². The third-order valence-corrected chi connectivity index (χ3v) is 11.8. The predicted octanol–water partition coefficient (Wildman–Crippen LogP) is 6.13. The summed E-state index contributed by atoms with van der Waals surface area (Å²) >= 11 is 0. The van der Waals surface area contributed by atoms with Crippen LogP contribution >= 0.6 is 0 Å². The van der Waals surface area contributed by atoms with Gasteiger partial charge in [0.25, 0.3) is 0 Å². The minimum Gasteiger partial charge on any atom is -0.410 e. The molecule has 29 heavy (non-hydrogen) atoms. The van der Waals surface area contributed by atoms with Gasteiger partial charge < -0.3 is 9.16 Å². The van der Waals surface area contributed by atoms with Crippen LogP contribution in [0.5, 0.6) is 0 Å². The first-order valence-corrected chi connectivity index (χ1v) is 14.0. The maximum atomic E-state index is 12.2. The van der Waals surface area contributed by atoms with Crippen molar-refractivity contribution in [2.75, 3.05) is 13.2 Å². The summed E-state index contributed by atoms with van der Waals surface area (Å²) < 4.78 is 12.5. The standard InChI is InChI=1S/C24H39NO3Si/c1-16-18(15-26)22(17-9-11-27-12-10-17)25-19-13-24(5,6)14-20(21(16)19)28-29(7,8)23(2,3)4/h15,17,20H,9-14H2,1-8H3. The SMILES string of the molecule is Cc1c(C=O)c(C2CCOCC2)nc2c1C(O[Si](C)(C)C(C)(C)C)CC(C)(C)C2. The van der Waals surface area contributed by atoms with E-state index < -0.39 is 8.32 Å². The van der Waals surface area contributed by atoms with Gasteiger partial charge in [0.05, 0.1) is 11.8 Å². The summed E-state index contributed by atoms with van der Waals surface area (Å²) in [5.41, 5.74) is 5.34. The van der Waals surface area contributed by atoms with Crippen LogP contribution in [-0.4, -0.2) is 32.8 Å². The number of aromatic nitrogens is 1. The average Bonchev–Trinajstić information content (AvgIpc) is 2.59. The van der Waals surface area contributed by atoms with Crippen LogP contribution in [0.4, 0.5) is 0 Å². The molecule has 1 aromatic heterocycles. The molecule has 0 saturated carbocycles. The fourth-order valence-electron chi connectivity index (χ4n) is 4.57. The van der Waals surface area contributed by atoms with Gasteiger partial charge in [0.1, 0.15) is 0 Å². The lowest BCUT2D eigenvalue weighted by molar-refractivity contribution is 0.0833. The summed E-state index contributed by atoms with van der Waals surface area (Å²) in [5, 5.41) is 0.144. The number of ether oxygens (including phenoxy) is 1. The number of carbonyl (C=O) groups is 1. The largest absolute Gasteiger partial charge is 0.410 e. The molecule has 2 heterocycles. The molecule has 2 aliphatic rings. The summed E-state index contributed by atoms with van der Waals surface area (Å²) in [6, 6.07) is 0. The Morgan fingerprint density at radius 3 is 2.38 bits per heavy atom. The van der Waals surface area contributed by atoms with Crippen LogP contribution in [-0.2, 0) is 15.6 Å². The molecule has 0 spiro atoms. The lowest BCUT2D eigenvalue weighted by Gasteiger charge is -2.44. The van der Waals surface area contributed by atoms with E-state index >= 15 is 0 Å². The van der Waals surface area contributed by atoms with Crippen molar-refractivity contribution in [3.05, 3.63) is 28.1 Å². The second-order valence-corrected chi connectivity index (χ2v) is 16.1. The van der Waals surface area contributed by atoms with E-state index in [4.69, 9.17) is 14.1 Å². The number of nitrogens with zero attached hydrogens (tertiary/aromatic N) is 1. The molecule has 0 radical (unpaired) electrons. The van der Waals surface area contributed by atoms with E-state index in [0.29, 0.717) is 5.92 Å². The van der Waals surface area contributed by atoms with Crippen molar-refractivity contribution in [1.29, 1.82) is 0 Å². The molecule has 1 saturated heterocycles. The number of aldehydes is 1. The quantitative estimate of drug-likeness (QED) is 0.436. The molecule has 3 rings (SSSR count). The van der Waals surface area contributed by atoms with Gasteiger partial charge in [0.15, 0.2) is 14.6 Å². The molecule has 5 heteroatoms. The van der Waals surface area contributed by atoms with Gasteiger partial charge in [-0.05, 0) is 61.7 Å². The maximum absolute atomic E-state index is 12.2. The van der Waals surface area contributed by atoms with Crippen LogP contribution in [0.3, 0.4) is 0 Å². The first kappa shape index (κ1) is 22.6. The fraction of sp³-hybridized carbons (Fsp3) is 0.750. The second kappa shape index (κ2) is 7.90. The lowest BCUT2D eigenvalue weighted by atomic mass is 9.73. The minimum atomic E-state index is -1.95. The molecular formula is C24H39NO3Si. The summed E-state index contributed by atoms with van der Waals surface area (Å²) in [6.45, 7) is 19.7. The highest BCUT2D eigenvalue weighted by Gasteiger charge is 2.44. The first-order valence-electron chi connectivity index (χ1n) is 11.1. The van der Waals surface area contributed by atoms with E-state index in [1.165, 1.54) is 5.56 Å². The molecule has 1 aromatic rings. The van der Waals surface area contributed by atoms with Gasteiger partial charge >= 0.3 is 0 Å². The van der Waals surface area contributed by atoms with E-state index in [-0.39, 0.29) is 16.6 Å². The summed E-state index contributed by atoms with van der Waals surface area (Å²) in [6.07, 6.45) is 4.85. The number of carbonyl (C=O) groups excluding carboxylic acids is 1. The summed E-state index contributed by atoms with van der Waals surface area (Å²) in [7, 11) is -1.95. The third-order valence-electron chi connectivity index (χ3n) is 7.33. The fourth-order valence-corrected chi connectivity index (χ4v) is 5.84. The highest BCUT2D eigenvalue weighted by molar-refractivity contribution is 6.74. The number of rotatable bonds is 4. The van der Waals surface area contributed by atoms with Crippen molar-refractivity contribution >= 4 is 14.6 Å². The number of fused-ring (bicyclic) bond motifs is 1. The minimum absolute atomic E-state index is 0.0181. The summed E-state index contributed by atoms with van der Waals surface area (Å²) in [4.78, 5) is 17.3. The third kappa shape index (κ3) is 4.52. The van der Waals surface area contributed by atoms with Crippen molar-refractivity contribution < 1.29 is 14.0 Å². The molecular weight excluding hydrogens is 378 g/mol. The molecule has 162 valence electrons. The Balaban J connectivity index is 2.10. The van der Waals surface area contributed by atoms with E-state index in [1.54, 1.807) is 0 Å². The van der Waals surface area contributed by atoms with Gasteiger partial charge in [-0.25, -0.2) is 0 Å². The predicted molar refractivity (Wildman–Crippen MR) is 120 cm³/mol. The molecule has 0 amide bonds. The van der Waals surface area contributed by atoms with Crippen molar-refractivity contribution in [3.8, 4) is 0 Å². The average molecular weight is 418 g/mol. The van der Waals surface area contributed by atoms with Gasteiger partial charge in [-0.1, -0.05) is 34.6 Å². The van der Waals surface area contributed by atoms with Gasteiger partial charge in [-0.3, -0.25) is 9.78 Å². The topological polar surface area (TPSA) is 48.4 Å². The Bertz CT molecular complexity index is 773. The Kier molecular flexibility index (Phi) is 6.16. The zero-order valence-electron chi connectivity index (χ0n) is 19.6. The van der Waals surface area contributed by atoms with Crippen LogP contribution in [0, 0.1) is 12.3 Å². The molecule has 0 aromatic carbocycles. The molecule has 1 unspecified atom stereocenters. The van der Waals surface area contributed by atoms with Crippen LogP contribution in [0.1, 0.15) is 98.8 Å². The normalized spacial score (nSPS) is 23.0. The van der Waals surface area contributed by atoms with Crippen molar-refractivity contribution in [1.82, 2.24) is 4.98 Å². The Morgan fingerprint density at radius 2 is 1.83 bits per heavy atom. The lowest BCUT2D eigenvalue weighted by Crippen LogP contribution is -2.44. The van der Waals surface area contributed by atoms with Gasteiger partial charge in [-0.2, -0.15) is 0 Å². The monoisotopic (exact) mass is 417 g/mol. The molecule has 0 bridgehead atoms. The van der Waals surface area contributed by atoms with E-state index in [1.807, 2.05) is 0 Å². The Morgan fingerprint density at radius 1 is 1.21 bits per heavy atom. The smallest absolute Gasteiger partial charge is 0.192 e. The van der Waals surface area contributed by atoms with E-state index in [9.17, 15) is 4.79 Å². The number of hydrogen-bond acceptors (Lipinski definition) is 4. The first-order chi connectivity index (χ1) is 13.4. The number of pyridine rings is 1. The Hall–Kier alpha value is -1.04. The number of hydrogen-bond donors (Lipinski definition) is 0. The second-order valence-electron chi connectivity index (χ2n) is 11.3. The molecule has 1 fully saturated rings. The maximum Gasteiger partial charge on any atom is 0.192 e. The molecule has 1 aliphatic carbocycles. The molecule has 4 nitrogen and oxygen atoms in total. The van der Waals surface area contributed by atoms with E-state index in [2.05, 4.69) is 54.6 Å². The highest BCUT2D eigenvalue weighted by atomic mass is 28.4. The van der Waals surface area contributed by atoms with Crippen molar-refractivity contribution in [2.24, 2.45) is 5.41 Å². The van der Waals surface area contributed by atoms with Crippen LogP contribution in [0.15, 0.2) is 0 Å². The zero-order chi connectivity index (χ0) is 21.6. The molecule has 1 aliphatic heterocycles. The Labute approximate surface area is 177 Å². The molecule has 1 atom stereocenters. The van der Waals surface area contributed by atoms with Crippen molar-refractivity contribution in [3.63, 3.8) is 0 Å². The van der Waals surface area contributed by atoms with Crippen LogP contribution in [0.2, 0.25) is 18.1 Å². The zero-order valence-corrected chi connectivity index (χ0v) is 20.6. The molecule has 0 N–H and O–H groups in total. The van der Waals surface area contributed by atoms with Crippen molar-refractivity contribution in [2.45, 2.75) is 97.4 Å². The van der Waals surface area contributed by atoms with Gasteiger partial charge in [-0.15, -0.1) is 0 Å². The van der Waals surface area contributed by atoms with Gasteiger partial charge in [0, 0.05) is 36.0 Å². The van der Waals surface area contributed by atoms with E-state index in [0.717, 1.165) is 67.7 Å². The van der Waals surface area contributed by atoms with Gasteiger partial charge in [0.2, 0.25) is 0 Å². The van der Waals surface area contributed by atoms with Crippen LogP contribution < -0.4 is 0 Å².